The third-order valence-electron chi connectivity index (χ3n) is 2.68. The summed E-state index contributed by atoms with van der Waals surface area (Å²) in [5.41, 5.74) is 6.57. The quantitative estimate of drug-likeness (QED) is 0.636. The molecule has 1 atom stereocenters. The Morgan fingerprint density at radius 1 is 1.59 bits per heavy atom. The average molecular weight is 253 g/mol. The van der Waals surface area contributed by atoms with Crippen LogP contribution in [0.1, 0.15) is 23.2 Å². The Kier molecular flexibility index (Phi) is 3.91. The normalized spacial score (nSPS) is 19.4. The van der Waals surface area contributed by atoms with Crippen molar-refractivity contribution < 1.29 is 14.6 Å². The van der Waals surface area contributed by atoms with Gasteiger partial charge in [0.05, 0.1) is 11.7 Å². The highest BCUT2D eigenvalue weighted by molar-refractivity contribution is 7.99. The number of thioether (sulfide) groups is 1. The second-order valence-corrected chi connectivity index (χ2v) is 5.07. The molecule has 0 saturated carbocycles. The van der Waals surface area contributed by atoms with Gasteiger partial charge in [0.1, 0.15) is 0 Å². The molecule has 2 rings (SSSR count). The largest absolute Gasteiger partial charge is 0.478 e. The minimum Gasteiger partial charge on any atom is -0.478 e. The van der Waals surface area contributed by atoms with Crippen molar-refractivity contribution in [1.29, 1.82) is 0 Å². The van der Waals surface area contributed by atoms with Crippen molar-refractivity contribution in [2.24, 2.45) is 0 Å². The van der Waals surface area contributed by atoms with Crippen LogP contribution < -0.4 is 5.73 Å². The van der Waals surface area contributed by atoms with Crippen LogP contribution in [0.5, 0.6) is 0 Å². The second-order valence-electron chi connectivity index (χ2n) is 4.01. The van der Waals surface area contributed by atoms with Crippen molar-refractivity contribution in [3.63, 3.8) is 0 Å². The van der Waals surface area contributed by atoms with Gasteiger partial charge in [0.25, 0.3) is 0 Å². The molecule has 4 nitrogen and oxygen atoms in total. The zero-order valence-corrected chi connectivity index (χ0v) is 10.2. The Labute approximate surface area is 104 Å². The first kappa shape index (κ1) is 12.3. The fraction of sp³-hybridized carbons (Fsp3) is 0.417. The number of carbonyl (C=O) groups is 1. The summed E-state index contributed by atoms with van der Waals surface area (Å²) in [7, 11) is 0. The zero-order valence-electron chi connectivity index (χ0n) is 9.39. The van der Waals surface area contributed by atoms with Gasteiger partial charge in [-0.1, -0.05) is 0 Å². The molecule has 0 bridgehead atoms. The fourth-order valence-corrected chi connectivity index (χ4v) is 2.95. The molecule has 17 heavy (non-hydrogen) atoms. The lowest BCUT2D eigenvalue weighted by Gasteiger charge is -2.10. The predicted molar refractivity (Wildman–Crippen MR) is 67.5 cm³/mol. The molecule has 1 unspecified atom stereocenters. The van der Waals surface area contributed by atoms with Crippen LogP contribution in [0.3, 0.4) is 0 Å². The maximum Gasteiger partial charge on any atom is 0.336 e. The van der Waals surface area contributed by atoms with Gasteiger partial charge in [-0.2, -0.15) is 0 Å². The Bertz CT molecular complexity index is 416. The summed E-state index contributed by atoms with van der Waals surface area (Å²) < 4.78 is 5.51. The first-order chi connectivity index (χ1) is 8.16. The van der Waals surface area contributed by atoms with Crippen LogP contribution in [0, 0.1) is 0 Å². The second kappa shape index (κ2) is 5.42. The summed E-state index contributed by atoms with van der Waals surface area (Å²) >= 11 is 1.50. The van der Waals surface area contributed by atoms with E-state index >= 15 is 0 Å². The van der Waals surface area contributed by atoms with Crippen LogP contribution in [0.2, 0.25) is 0 Å². The topological polar surface area (TPSA) is 72.6 Å². The van der Waals surface area contributed by atoms with E-state index in [1.807, 2.05) is 0 Å². The summed E-state index contributed by atoms with van der Waals surface area (Å²) in [5, 5.41) is 9.06. The van der Waals surface area contributed by atoms with E-state index in [1.165, 1.54) is 11.8 Å². The summed E-state index contributed by atoms with van der Waals surface area (Å²) in [6.45, 7) is 0.813. The molecule has 92 valence electrons. The highest BCUT2D eigenvalue weighted by Gasteiger charge is 2.17. The van der Waals surface area contributed by atoms with E-state index in [-0.39, 0.29) is 6.10 Å². The summed E-state index contributed by atoms with van der Waals surface area (Å²) in [6, 6.07) is 4.87. The molecule has 1 aromatic rings. The van der Waals surface area contributed by atoms with E-state index in [0.717, 1.165) is 25.2 Å². The fourth-order valence-electron chi connectivity index (χ4n) is 1.79. The Morgan fingerprint density at radius 3 is 3.06 bits per heavy atom. The molecule has 3 N–H and O–H groups in total. The number of benzene rings is 1. The summed E-state index contributed by atoms with van der Waals surface area (Å²) in [5.74, 6) is -0.135. The van der Waals surface area contributed by atoms with Gasteiger partial charge in [0, 0.05) is 22.9 Å². The molecule has 5 heteroatoms. The molecule has 0 spiro atoms. The van der Waals surface area contributed by atoms with E-state index in [9.17, 15) is 4.79 Å². The smallest absolute Gasteiger partial charge is 0.336 e. The minimum atomic E-state index is -0.917. The molecule has 0 radical (unpaired) electrons. The van der Waals surface area contributed by atoms with E-state index in [1.54, 1.807) is 18.2 Å². The number of carboxylic acids is 1. The van der Waals surface area contributed by atoms with Crippen LogP contribution in [0.4, 0.5) is 5.69 Å². The number of anilines is 1. The van der Waals surface area contributed by atoms with E-state index in [0.29, 0.717) is 16.1 Å². The number of aromatic carboxylic acids is 1. The molecule has 0 aromatic heterocycles. The van der Waals surface area contributed by atoms with Gasteiger partial charge in [-0.05, 0) is 31.0 Å². The molecule has 1 aliphatic rings. The van der Waals surface area contributed by atoms with Gasteiger partial charge in [0.15, 0.2) is 0 Å². The number of hydrogen-bond acceptors (Lipinski definition) is 4. The molecule has 1 aliphatic heterocycles. The summed E-state index contributed by atoms with van der Waals surface area (Å²) in [4.78, 5) is 11.8. The molecule has 1 fully saturated rings. The lowest BCUT2D eigenvalue weighted by Crippen LogP contribution is -2.09. The van der Waals surface area contributed by atoms with Crippen LogP contribution in [0.15, 0.2) is 23.1 Å². The molecular weight excluding hydrogens is 238 g/mol. The number of carboxylic acid groups (broad SMARTS) is 1. The highest BCUT2D eigenvalue weighted by atomic mass is 32.2. The first-order valence-corrected chi connectivity index (χ1v) is 6.52. The van der Waals surface area contributed by atoms with Crippen molar-refractivity contribution in [3.05, 3.63) is 23.8 Å². The SMILES string of the molecule is Nc1ccc(C(=O)O)c(SCC2CCCO2)c1. The Hall–Kier alpha value is -1.20. The molecule has 1 aromatic carbocycles. The molecule has 0 aliphatic carbocycles. The highest BCUT2D eigenvalue weighted by Crippen LogP contribution is 2.28. The summed E-state index contributed by atoms with van der Waals surface area (Å²) in [6.07, 6.45) is 2.38. The molecule has 1 heterocycles. The standard InChI is InChI=1S/C12H15NO3S/c13-8-3-4-10(12(14)15)11(6-8)17-7-9-2-1-5-16-9/h3-4,6,9H,1-2,5,7,13H2,(H,14,15). The number of ether oxygens (including phenoxy) is 1. The minimum absolute atomic E-state index is 0.239. The van der Waals surface area contributed by atoms with E-state index < -0.39 is 5.97 Å². The van der Waals surface area contributed by atoms with Gasteiger partial charge >= 0.3 is 5.97 Å². The van der Waals surface area contributed by atoms with Crippen molar-refractivity contribution in [2.45, 2.75) is 23.8 Å². The Balaban J connectivity index is 2.07. The average Bonchev–Trinajstić information content (AvgIpc) is 2.78. The monoisotopic (exact) mass is 253 g/mol. The van der Waals surface area contributed by atoms with Crippen LogP contribution in [0.25, 0.3) is 0 Å². The Morgan fingerprint density at radius 2 is 2.41 bits per heavy atom. The third-order valence-corrected chi connectivity index (χ3v) is 3.87. The third kappa shape index (κ3) is 3.14. The van der Waals surface area contributed by atoms with Crippen molar-refractivity contribution in [1.82, 2.24) is 0 Å². The first-order valence-electron chi connectivity index (χ1n) is 5.54. The lowest BCUT2D eigenvalue weighted by atomic mass is 10.2. The number of hydrogen-bond donors (Lipinski definition) is 2. The van der Waals surface area contributed by atoms with Crippen LogP contribution in [-0.2, 0) is 4.74 Å². The number of nitrogen functional groups attached to an aromatic ring is 1. The van der Waals surface area contributed by atoms with E-state index in [2.05, 4.69) is 0 Å². The van der Waals surface area contributed by atoms with Crippen LogP contribution >= 0.6 is 11.8 Å². The zero-order chi connectivity index (χ0) is 12.3. The van der Waals surface area contributed by atoms with Gasteiger partial charge in [-0.15, -0.1) is 11.8 Å². The van der Waals surface area contributed by atoms with Crippen molar-refractivity contribution >= 4 is 23.4 Å². The molecule has 0 amide bonds. The van der Waals surface area contributed by atoms with Crippen molar-refractivity contribution in [3.8, 4) is 0 Å². The lowest BCUT2D eigenvalue weighted by molar-refractivity contribution is 0.0693. The molecule has 1 saturated heterocycles. The maximum absolute atomic E-state index is 11.0. The van der Waals surface area contributed by atoms with Gasteiger partial charge < -0.3 is 15.6 Å². The van der Waals surface area contributed by atoms with Crippen LogP contribution in [-0.4, -0.2) is 29.5 Å². The van der Waals surface area contributed by atoms with Crippen molar-refractivity contribution in [2.75, 3.05) is 18.1 Å². The molecular formula is C12H15NO3S. The van der Waals surface area contributed by atoms with Gasteiger partial charge in [-0.3, -0.25) is 0 Å². The van der Waals surface area contributed by atoms with Gasteiger partial charge in [-0.25, -0.2) is 4.79 Å². The number of nitrogens with two attached hydrogens (primary N) is 1. The maximum atomic E-state index is 11.0. The predicted octanol–water partition coefficient (Wildman–Crippen LogP) is 2.24. The van der Waals surface area contributed by atoms with E-state index in [4.69, 9.17) is 15.6 Å². The number of rotatable bonds is 4. The van der Waals surface area contributed by atoms with Gasteiger partial charge in [0.2, 0.25) is 0 Å².